The van der Waals surface area contributed by atoms with E-state index in [2.05, 4.69) is 0 Å². The normalized spacial score (nSPS) is 11.3. The number of esters is 1. The van der Waals surface area contributed by atoms with Crippen LogP contribution in [0.2, 0.25) is 0 Å². The highest BCUT2D eigenvalue weighted by molar-refractivity contribution is 8.13. The van der Waals surface area contributed by atoms with Crippen molar-refractivity contribution < 1.29 is 22.3 Å². The van der Waals surface area contributed by atoms with E-state index in [-0.39, 0.29) is 17.7 Å². The number of halogens is 2. The second-order valence-electron chi connectivity index (χ2n) is 3.65. The van der Waals surface area contributed by atoms with Gasteiger partial charge in [0.1, 0.15) is 5.82 Å². The van der Waals surface area contributed by atoms with Crippen LogP contribution in [-0.4, -0.2) is 21.0 Å². The van der Waals surface area contributed by atoms with Crippen molar-refractivity contribution in [3.63, 3.8) is 0 Å². The topological polar surface area (TPSA) is 60.4 Å². The number of carbonyl (C=O) groups excluding carboxylic acids is 1. The molecule has 0 radical (unpaired) electrons. The van der Waals surface area contributed by atoms with Crippen molar-refractivity contribution in [1.29, 1.82) is 0 Å². The number of benzene rings is 1. The van der Waals surface area contributed by atoms with Crippen molar-refractivity contribution in [3.8, 4) is 0 Å². The lowest BCUT2D eigenvalue weighted by atomic mass is 10.1. The van der Waals surface area contributed by atoms with E-state index in [1.807, 2.05) is 0 Å². The van der Waals surface area contributed by atoms with Gasteiger partial charge in [-0.3, -0.25) is 0 Å². The molecule has 7 heteroatoms. The molecule has 1 aromatic carbocycles. The first-order valence-corrected chi connectivity index (χ1v) is 7.50. The zero-order valence-electron chi connectivity index (χ0n) is 9.87. The van der Waals surface area contributed by atoms with E-state index in [0.29, 0.717) is 6.42 Å². The highest BCUT2D eigenvalue weighted by atomic mass is 35.7. The van der Waals surface area contributed by atoms with Gasteiger partial charge in [0, 0.05) is 16.2 Å². The van der Waals surface area contributed by atoms with E-state index < -0.39 is 25.7 Å². The Morgan fingerprint density at radius 3 is 2.56 bits per heavy atom. The van der Waals surface area contributed by atoms with Crippen LogP contribution in [0, 0.1) is 12.7 Å². The molecule has 0 unspecified atom stereocenters. The van der Waals surface area contributed by atoms with Gasteiger partial charge >= 0.3 is 5.97 Å². The predicted molar refractivity (Wildman–Crippen MR) is 64.7 cm³/mol. The fourth-order valence-corrected chi connectivity index (χ4v) is 2.51. The van der Waals surface area contributed by atoms with Crippen LogP contribution in [0.3, 0.4) is 0 Å². The van der Waals surface area contributed by atoms with Crippen LogP contribution in [-0.2, 0) is 13.8 Å². The van der Waals surface area contributed by atoms with Crippen LogP contribution in [0.5, 0.6) is 0 Å². The van der Waals surface area contributed by atoms with Gasteiger partial charge in [-0.2, -0.15) is 0 Å². The molecular weight excluding hydrogens is 283 g/mol. The summed E-state index contributed by atoms with van der Waals surface area (Å²) in [5.41, 5.74) is -0.303. The third-order valence-electron chi connectivity index (χ3n) is 2.23. The largest absolute Gasteiger partial charge is 0.462 e. The van der Waals surface area contributed by atoms with Crippen molar-refractivity contribution >= 4 is 25.7 Å². The number of hydrogen-bond acceptors (Lipinski definition) is 4. The van der Waals surface area contributed by atoms with Crippen molar-refractivity contribution in [3.05, 3.63) is 29.1 Å². The summed E-state index contributed by atoms with van der Waals surface area (Å²) >= 11 is 0. The van der Waals surface area contributed by atoms with Gasteiger partial charge in [0.2, 0.25) is 0 Å². The Labute approximate surface area is 109 Å². The molecule has 1 aromatic rings. The molecule has 0 saturated carbocycles. The van der Waals surface area contributed by atoms with Gasteiger partial charge in [-0.15, -0.1) is 0 Å². The fraction of sp³-hybridized carbons (Fsp3) is 0.364. The predicted octanol–water partition coefficient (Wildman–Crippen LogP) is 2.63. The Hall–Kier alpha value is -1.14. The third kappa shape index (κ3) is 3.43. The summed E-state index contributed by atoms with van der Waals surface area (Å²) in [7, 11) is 1.06. The Bertz CT molecular complexity index is 569. The molecule has 18 heavy (non-hydrogen) atoms. The number of hydrogen-bond donors (Lipinski definition) is 0. The molecule has 4 nitrogen and oxygen atoms in total. The van der Waals surface area contributed by atoms with E-state index in [0.717, 1.165) is 12.1 Å². The number of carbonyl (C=O) groups is 1. The molecule has 0 bridgehead atoms. The summed E-state index contributed by atoms with van der Waals surface area (Å²) in [5, 5.41) is 0. The quantitative estimate of drug-likeness (QED) is 0.632. The first-order valence-electron chi connectivity index (χ1n) is 5.19. The maximum atomic E-state index is 13.5. The summed E-state index contributed by atoms with van der Waals surface area (Å²) < 4.78 is 40.8. The number of ether oxygens (including phenoxy) is 1. The van der Waals surface area contributed by atoms with Crippen LogP contribution >= 0.6 is 10.7 Å². The minimum Gasteiger partial charge on any atom is -0.462 e. The van der Waals surface area contributed by atoms with Crippen molar-refractivity contribution in [2.75, 3.05) is 6.61 Å². The minimum atomic E-state index is -4.11. The van der Waals surface area contributed by atoms with Crippen molar-refractivity contribution in [1.82, 2.24) is 0 Å². The zero-order valence-corrected chi connectivity index (χ0v) is 11.4. The molecule has 0 aromatic heterocycles. The van der Waals surface area contributed by atoms with Crippen LogP contribution in [0.1, 0.15) is 29.3 Å². The fourth-order valence-electron chi connectivity index (χ4n) is 1.30. The highest BCUT2D eigenvalue weighted by Gasteiger charge is 2.20. The van der Waals surface area contributed by atoms with Crippen LogP contribution < -0.4 is 0 Å². The van der Waals surface area contributed by atoms with Gasteiger partial charge in [0.05, 0.1) is 17.1 Å². The van der Waals surface area contributed by atoms with E-state index in [9.17, 15) is 17.6 Å². The first kappa shape index (κ1) is 14.9. The highest BCUT2D eigenvalue weighted by Crippen LogP contribution is 2.24. The molecule has 0 aliphatic rings. The second kappa shape index (κ2) is 5.67. The lowest BCUT2D eigenvalue weighted by Gasteiger charge is -2.07. The summed E-state index contributed by atoms with van der Waals surface area (Å²) in [4.78, 5) is 11.1. The maximum Gasteiger partial charge on any atom is 0.338 e. The van der Waals surface area contributed by atoms with E-state index in [1.54, 1.807) is 6.92 Å². The van der Waals surface area contributed by atoms with Crippen molar-refractivity contribution in [2.24, 2.45) is 0 Å². The van der Waals surface area contributed by atoms with Gasteiger partial charge < -0.3 is 4.74 Å². The third-order valence-corrected chi connectivity index (χ3v) is 3.68. The SMILES string of the molecule is CCCOC(=O)c1cc(F)c(C)c(S(=O)(=O)Cl)c1. The number of rotatable bonds is 4. The van der Waals surface area contributed by atoms with Crippen LogP contribution in [0.15, 0.2) is 17.0 Å². The lowest BCUT2D eigenvalue weighted by molar-refractivity contribution is 0.0504. The Balaban J connectivity index is 3.25. The van der Waals surface area contributed by atoms with E-state index in [4.69, 9.17) is 15.4 Å². The van der Waals surface area contributed by atoms with Gasteiger partial charge in [-0.05, 0) is 25.5 Å². The summed E-state index contributed by atoms with van der Waals surface area (Å²) in [5.74, 6) is -1.60. The molecule has 100 valence electrons. The van der Waals surface area contributed by atoms with Crippen LogP contribution in [0.4, 0.5) is 4.39 Å². The summed E-state index contributed by atoms with van der Waals surface area (Å²) in [6, 6.07) is 1.94. The molecule has 0 spiro atoms. The lowest BCUT2D eigenvalue weighted by Crippen LogP contribution is -2.09. The molecule has 0 aliphatic carbocycles. The van der Waals surface area contributed by atoms with E-state index >= 15 is 0 Å². The molecule has 0 saturated heterocycles. The Morgan fingerprint density at radius 2 is 2.06 bits per heavy atom. The Kier molecular flexibility index (Phi) is 4.70. The minimum absolute atomic E-state index is 0.128. The smallest absolute Gasteiger partial charge is 0.338 e. The average molecular weight is 295 g/mol. The standard InChI is InChI=1S/C11H12ClFO4S/c1-3-4-17-11(14)8-5-9(13)7(2)10(6-8)18(12,15)16/h5-6H,3-4H2,1-2H3. The molecule has 0 heterocycles. The molecule has 0 amide bonds. The Morgan fingerprint density at radius 1 is 1.44 bits per heavy atom. The average Bonchev–Trinajstić information content (AvgIpc) is 2.27. The van der Waals surface area contributed by atoms with Crippen LogP contribution in [0.25, 0.3) is 0 Å². The molecule has 0 atom stereocenters. The molecule has 0 N–H and O–H groups in total. The van der Waals surface area contributed by atoms with Gasteiger partial charge in [-0.1, -0.05) is 6.92 Å². The molecular formula is C11H12ClFO4S. The van der Waals surface area contributed by atoms with Gasteiger partial charge in [-0.25, -0.2) is 17.6 Å². The second-order valence-corrected chi connectivity index (χ2v) is 6.19. The van der Waals surface area contributed by atoms with Crippen molar-refractivity contribution in [2.45, 2.75) is 25.2 Å². The molecule has 0 aliphatic heterocycles. The summed E-state index contributed by atoms with van der Waals surface area (Å²) in [6.45, 7) is 3.25. The first-order chi connectivity index (χ1) is 8.27. The molecule has 1 rings (SSSR count). The van der Waals surface area contributed by atoms with Gasteiger partial charge in [0.15, 0.2) is 0 Å². The monoisotopic (exact) mass is 294 g/mol. The van der Waals surface area contributed by atoms with Gasteiger partial charge in [0.25, 0.3) is 9.05 Å². The maximum absolute atomic E-state index is 13.5. The van der Waals surface area contributed by atoms with E-state index in [1.165, 1.54) is 6.92 Å². The zero-order chi connectivity index (χ0) is 13.9. The summed E-state index contributed by atoms with van der Waals surface area (Å²) in [6.07, 6.45) is 0.612. The molecule has 0 fully saturated rings.